The molecule has 3 aromatic rings. The predicted molar refractivity (Wildman–Crippen MR) is 125 cm³/mol. The van der Waals surface area contributed by atoms with Gasteiger partial charge < -0.3 is 5.32 Å². The van der Waals surface area contributed by atoms with Gasteiger partial charge in [-0.15, -0.1) is 11.3 Å². The number of nitrogens with zero attached hydrogens (tertiary/aromatic N) is 2. The van der Waals surface area contributed by atoms with Crippen LogP contribution in [-0.2, 0) is 21.5 Å². The Kier molecular flexibility index (Phi) is 5.47. The molecule has 2 aliphatic heterocycles. The van der Waals surface area contributed by atoms with Crippen LogP contribution in [0.4, 0.5) is 4.79 Å². The summed E-state index contributed by atoms with van der Waals surface area (Å²) in [5, 5.41) is 5.72. The summed E-state index contributed by atoms with van der Waals surface area (Å²) >= 11 is 1.74. The highest BCUT2D eigenvalue weighted by molar-refractivity contribution is 7.10. The van der Waals surface area contributed by atoms with E-state index in [0.29, 0.717) is 11.1 Å². The Morgan fingerprint density at radius 3 is 2.33 bits per heavy atom. The first-order valence-electron chi connectivity index (χ1n) is 10.9. The zero-order chi connectivity index (χ0) is 23.0. The fraction of sp³-hybridized carbons (Fsp3) is 0.240. The standard InChI is InChI=1S/C25H24N4O3S/c1-17-20-13-15-33-21(20)12-14-28(17)16-22(30)27-29-23(31)25(26-24(29)32,18-8-4-2-5-9-18)19-10-6-3-7-11-19/h2-11,13,15,17H,12,14,16H2,1H3,(H,26,32)(H,27,30)/t17-/m0/s1. The maximum atomic E-state index is 13.7. The van der Waals surface area contributed by atoms with Crippen LogP contribution in [0.15, 0.2) is 72.1 Å². The highest BCUT2D eigenvalue weighted by Gasteiger charge is 2.54. The number of rotatable bonds is 5. The molecule has 33 heavy (non-hydrogen) atoms. The number of amides is 4. The molecule has 1 aromatic heterocycles. The summed E-state index contributed by atoms with van der Waals surface area (Å²) in [6.45, 7) is 2.92. The van der Waals surface area contributed by atoms with Crippen LogP contribution in [-0.4, -0.2) is 40.8 Å². The van der Waals surface area contributed by atoms with Crippen LogP contribution in [0.1, 0.15) is 34.5 Å². The van der Waals surface area contributed by atoms with Crippen LogP contribution in [0.3, 0.4) is 0 Å². The third kappa shape index (κ3) is 3.61. The molecule has 0 spiro atoms. The number of imide groups is 1. The molecule has 0 aliphatic carbocycles. The highest BCUT2D eigenvalue weighted by Crippen LogP contribution is 2.36. The summed E-state index contributed by atoms with van der Waals surface area (Å²) < 4.78 is 0. The summed E-state index contributed by atoms with van der Waals surface area (Å²) in [5.74, 6) is -0.939. The molecule has 168 valence electrons. The van der Waals surface area contributed by atoms with Gasteiger partial charge in [-0.05, 0) is 41.5 Å². The number of hydrogen-bond donors (Lipinski definition) is 2. The summed E-state index contributed by atoms with van der Waals surface area (Å²) in [5.41, 5.74) is 3.64. The Morgan fingerprint density at radius 2 is 1.70 bits per heavy atom. The molecule has 5 rings (SSSR count). The van der Waals surface area contributed by atoms with Crippen molar-refractivity contribution in [2.24, 2.45) is 0 Å². The molecule has 3 heterocycles. The second kappa shape index (κ2) is 8.46. The fourth-order valence-corrected chi connectivity index (χ4v) is 5.65. The van der Waals surface area contributed by atoms with Gasteiger partial charge in [0.2, 0.25) is 0 Å². The van der Waals surface area contributed by atoms with E-state index in [-0.39, 0.29) is 12.6 Å². The molecular formula is C25H24N4O3S. The highest BCUT2D eigenvalue weighted by atomic mass is 32.1. The van der Waals surface area contributed by atoms with Crippen molar-refractivity contribution < 1.29 is 14.4 Å². The number of benzene rings is 2. The Hall–Kier alpha value is -3.49. The Labute approximate surface area is 196 Å². The predicted octanol–water partition coefficient (Wildman–Crippen LogP) is 3.19. The van der Waals surface area contributed by atoms with Gasteiger partial charge in [-0.1, -0.05) is 60.7 Å². The van der Waals surface area contributed by atoms with Gasteiger partial charge in [-0.3, -0.25) is 19.9 Å². The number of urea groups is 1. The molecular weight excluding hydrogens is 436 g/mol. The van der Waals surface area contributed by atoms with Crippen LogP contribution in [0, 0.1) is 0 Å². The zero-order valence-corrected chi connectivity index (χ0v) is 19.0. The number of hydrogen-bond acceptors (Lipinski definition) is 5. The molecule has 7 nitrogen and oxygen atoms in total. The lowest BCUT2D eigenvalue weighted by Crippen LogP contribution is -2.52. The van der Waals surface area contributed by atoms with Gasteiger partial charge in [0.25, 0.3) is 11.8 Å². The third-order valence-corrected chi connectivity index (χ3v) is 7.42. The van der Waals surface area contributed by atoms with Crippen molar-refractivity contribution >= 4 is 29.2 Å². The van der Waals surface area contributed by atoms with E-state index in [2.05, 4.69) is 34.0 Å². The maximum Gasteiger partial charge on any atom is 0.344 e. The van der Waals surface area contributed by atoms with Crippen LogP contribution in [0.2, 0.25) is 0 Å². The first-order valence-corrected chi connectivity index (χ1v) is 11.8. The van der Waals surface area contributed by atoms with Crippen LogP contribution in [0.5, 0.6) is 0 Å². The van der Waals surface area contributed by atoms with Gasteiger partial charge in [-0.2, -0.15) is 5.01 Å². The summed E-state index contributed by atoms with van der Waals surface area (Å²) in [7, 11) is 0. The van der Waals surface area contributed by atoms with E-state index in [9.17, 15) is 14.4 Å². The molecule has 8 heteroatoms. The molecule has 1 fully saturated rings. The maximum absolute atomic E-state index is 13.7. The van der Waals surface area contributed by atoms with Crippen molar-refractivity contribution in [2.45, 2.75) is 24.9 Å². The van der Waals surface area contributed by atoms with Crippen LogP contribution < -0.4 is 10.7 Å². The van der Waals surface area contributed by atoms with Gasteiger partial charge in [0, 0.05) is 17.5 Å². The zero-order valence-electron chi connectivity index (χ0n) is 18.2. The average Bonchev–Trinajstić information content (AvgIpc) is 3.42. The number of carbonyl (C=O) groups excluding carboxylic acids is 3. The smallest absolute Gasteiger partial charge is 0.314 e. The molecule has 2 aliphatic rings. The van der Waals surface area contributed by atoms with Gasteiger partial charge in [0.15, 0.2) is 5.54 Å². The van der Waals surface area contributed by atoms with E-state index in [1.807, 2.05) is 36.4 Å². The summed E-state index contributed by atoms with van der Waals surface area (Å²) in [6, 6.07) is 19.7. The van der Waals surface area contributed by atoms with Gasteiger partial charge in [0.1, 0.15) is 0 Å². The van der Waals surface area contributed by atoms with Crippen molar-refractivity contribution in [2.75, 3.05) is 13.1 Å². The number of thiophene rings is 1. The summed E-state index contributed by atoms with van der Waals surface area (Å²) in [4.78, 5) is 42.9. The first kappa shape index (κ1) is 21.4. The SMILES string of the molecule is C[C@H]1c2ccsc2CCN1CC(=O)NN1C(=O)NC(c2ccccc2)(c2ccccc2)C1=O. The molecule has 0 bridgehead atoms. The second-order valence-electron chi connectivity index (χ2n) is 8.28. The quantitative estimate of drug-likeness (QED) is 0.573. The Balaban J connectivity index is 1.38. The van der Waals surface area contributed by atoms with E-state index in [0.717, 1.165) is 18.0 Å². The molecule has 0 saturated carbocycles. The lowest BCUT2D eigenvalue weighted by Gasteiger charge is -2.33. The van der Waals surface area contributed by atoms with Crippen molar-refractivity contribution in [3.63, 3.8) is 0 Å². The van der Waals surface area contributed by atoms with Crippen molar-refractivity contribution in [1.82, 2.24) is 20.7 Å². The summed E-state index contributed by atoms with van der Waals surface area (Å²) in [6.07, 6.45) is 0.888. The van der Waals surface area contributed by atoms with E-state index >= 15 is 0 Å². The first-order chi connectivity index (χ1) is 16.0. The minimum Gasteiger partial charge on any atom is -0.314 e. The Bertz CT molecular complexity index is 1160. The van der Waals surface area contributed by atoms with E-state index < -0.39 is 23.4 Å². The monoisotopic (exact) mass is 460 g/mol. The lowest BCUT2D eigenvalue weighted by atomic mass is 9.83. The van der Waals surface area contributed by atoms with Crippen molar-refractivity contribution in [1.29, 1.82) is 0 Å². The normalized spacial score (nSPS) is 19.8. The molecule has 0 unspecified atom stereocenters. The molecule has 1 saturated heterocycles. The molecule has 2 N–H and O–H groups in total. The molecule has 4 amide bonds. The van der Waals surface area contributed by atoms with Crippen molar-refractivity contribution in [3.8, 4) is 0 Å². The van der Waals surface area contributed by atoms with Crippen LogP contribution >= 0.6 is 11.3 Å². The largest absolute Gasteiger partial charge is 0.344 e. The van der Waals surface area contributed by atoms with E-state index in [1.54, 1.807) is 35.6 Å². The number of fused-ring (bicyclic) bond motifs is 1. The number of hydrazine groups is 1. The topological polar surface area (TPSA) is 81.8 Å². The van der Waals surface area contributed by atoms with Gasteiger partial charge in [0.05, 0.1) is 6.54 Å². The molecule has 2 aromatic carbocycles. The van der Waals surface area contributed by atoms with Crippen molar-refractivity contribution in [3.05, 3.63) is 93.7 Å². The van der Waals surface area contributed by atoms with E-state index in [4.69, 9.17) is 0 Å². The number of nitrogens with one attached hydrogen (secondary N) is 2. The molecule has 0 radical (unpaired) electrons. The van der Waals surface area contributed by atoms with Gasteiger partial charge in [-0.25, -0.2) is 4.79 Å². The fourth-order valence-electron chi connectivity index (χ4n) is 4.69. The second-order valence-corrected chi connectivity index (χ2v) is 9.28. The lowest BCUT2D eigenvalue weighted by molar-refractivity contribution is -0.139. The van der Waals surface area contributed by atoms with Crippen LogP contribution in [0.25, 0.3) is 0 Å². The number of carbonyl (C=O) groups is 3. The van der Waals surface area contributed by atoms with E-state index in [1.165, 1.54) is 10.4 Å². The third-order valence-electron chi connectivity index (χ3n) is 6.42. The van der Waals surface area contributed by atoms with Gasteiger partial charge >= 0.3 is 6.03 Å². The minimum absolute atomic E-state index is 0.0944. The molecule has 1 atom stereocenters. The Morgan fingerprint density at radius 1 is 1.06 bits per heavy atom. The average molecular weight is 461 g/mol. The minimum atomic E-state index is -1.41.